The second kappa shape index (κ2) is 4.69. The smallest absolute Gasteiger partial charge is 0.117 e. The summed E-state index contributed by atoms with van der Waals surface area (Å²) in [5, 5.41) is 0.820. The molecule has 70 valence electrons. The van der Waals surface area contributed by atoms with Gasteiger partial charge in [-0.2, -0.15) is 11.2 Å². The van der Waals surface area contributed by atoms with E-state index in [2.05, 4.69) is 31.8 Å². The Balaban J connectivity index is 2.51. The third-order valence-electron chi connectivity index (χ3n) is 1.29. The van der Waals surface area contributed by atoms with Crippen LogP contribution in [0.15, 0.2) is 29.2 Å². The molecule has 0 bridgehead atoms. The topological polar surface area (TPSA) is 0 Å². The normalized spacial score (nSPS) is 11.7. The van der Waals surface area contributed by atoms with Crippen molar-refractivity contribution in [1.29, 1.82) is 0 Å². The van der Waals surface area contributed by atoms with Crippen LogP contribution in [0, 0.1) is 0 Å². The maximum Gasteiger partial charge on any atom is 0.117 e. The highest BCUT2D eigenvalue weighted by Crippen LogP contribution is 2.21. The largest absolute Gasteiger partial charge is 0.159 e. The zero-order valence-electron chi connectivity index (χ0n) is 8.10. The zero-order valence-corrected chi connectivity index (χ0v) is 11.7. The Kier molecular flexibility index (Phi) is 4.10. The van der Waals surface area contributed by atoms with Gasteiger partial charge in [-0.05, 0) is 24.3 Å². The fourth-order valence-electron chi connectivity index (χ4n) is 0.715. The third kappa shape index (κ3) is 4.91. The standard InChI is InChI=1S/C9H13ClSSi2/c1-13(2,3)12-11-9-6-4-8(10)5-7-9/h4-7H,1-3H3. The van der Waals surface area contributed by atoms with E-state index < -0.39 is 7.59 Å². The van der Waals surface area contributed by atoms with Crippen LogP contribution in [0.1, 0.15) is 0 Å². The van der Waals surface area contributed by atoms with Gasteiger partial charge >= 0.3 is 0 Å². The van der Waals surface area contributed by atoms with E-state index in [1.807, 2.05) is 23.3 Å². The fourth-order valence-corrected chi connectivity index (χ4v) is 7.03. The van der Waals surface area contributed by atoms with Crippen LogP contribution in [0.4, 0.5) is 0 Å². The van der Waals surface area contributed by atoms with E-state index in [0.717, 1.165) is 13.2 Å². The minimum atomic E-state index is -0.896. The molecule has 0 heterocycles. The molecule has 0 unspecified atom stereocenters. The van der Waals surface area contributed by atoms with Gasteiger partial charge < -0.3 is 0 Å². The van der Waals surface area contributed by atoms with Crippen molar-refractivity contribution in [2.24, 2.45) is 0 Å². The predicted molar refractivity (Wildman–Crippen MR) is 66.4 cm³/mol. The van der Waals surface area contributed by atoms with E-state index in [0.29, 0.717) is 0 Å². The lowest BCUT2D eigenvalue weighted by molar-refractivity contribution is 1.48. The van der Waals surface area contributed by atoms with Gasteiger partial charge in [0.1, 0.15) is 8.19 Å². The molecule has 0 aliphatic heterocycles. The molecule has 1 rings (SSSR count). The number of halogens is 1. The molecule has 0 N–H and O–H groups in total. The van der Waals surface area contributed by atoms with Crippen LogP contribution in [0.25, 0.3) is 0 Å². The molecule has 0 saturated heterocycles. The summed E-state index contributed by atoms with van der Waals surface area (Å²) >= 11 is 7.77. The van der Waals surface area contributed by atoms with Crippen molar-refractivity contribution < 1.29 is 0 Å². The Hall–Kier alpha value is 0.294. The van der Waals surface area contributed by atoms with Gasteiger partial charge in [-0.3, -0.25) is 0 Å². The van der Waals surface area contributed by atoms with Crippen LogP contribution in [0.5, 0.6) is 0 Å². The summed E-state index contributed by atoms with van der Waals surface area (Å²) in [6, 6.07) is 8.11. The summed E-state index contributed by atoms with van der Waals surface area (Å²) in [6.45, 7) is 7.19. The first-order valence-electron chi connectivity index (χ1n) is 4.17. The van der Waals surface area contributed by atoms with Crippen LogP contribution in [-0.2, 0) is 0 Å². The second-order valence-corrected chi connectivity index (χ2v) is 17.3. The van der Waals surface area contributed by atoms with Crippen molar-refractivity contribution >= 4 is 38.6 Å². The summed E-state index contributed by atoms with van der Waals surface area (Å²) < 4.78 is 0. The Bertz CT molecular complexity index is 266. The molecular weight excluding hydrogens is 232 g/mol. The van der Waals surface area contributed by atoms with E-state index in [4.69, 9.17) is 11.6 Å². The average molecular weight is 245 g/mol. The van der Waals surface area contributed by atoms with Crippen LogP contribution < -0.4 is 0 Å². The van der Waals surface area contributed by atoms with Gasteiger partial charge in [-0.25, -0.2) is 0 Å². The predicted octanol–water partition coefficient (Wildman–Crippen LogP) is 3.89. The number of benzene rings is 1. The average Bonchev–Trinajstić information content (AvgIpc) is 2.02. The first kappa shape index (κ1) is 11.4. The summed E-state index contributed by atoms with van der Waals surface area (Å²) in [6.07, 6.45) is 0. The van der Waals surface area contributed by atoms with Gasteiger partial charge in [0.05, 0.1) is 0 Å². The minimum Gasteiger partial charge on any atom is -0.159 e. The van der Waals surface area contributed by atoms with Crippen molar-refractivity contribution in [2.75, 3.05) is 0 Å². The molecule has 0 saturated carbocycles. The Morgan fingerprint density at radius 3 is 2.15 bits per heavy atom. The molecule has 0 amide bonds. The molecule has 0 atom stereocenters. The fraction of sp³-hybridized carbons (Fsp3) is 0.333. The summed E-state index contributed by atoms with van der Waals surface area (Å²) in [5.74, 6) is 0. The molecule has 13 heavy (non-hydrogen) atoms. The Labute approximate surface area is 92.3 Å². The van der Waals surface area contributed by atoms with Crippen molar-refractivity contribution in [3.8, 4) is 0 Å². The van der Waals surface area contributed by atoms with E-state index in [9.17, 15) is 0 Å². The van der Waals surface area contributed by atoms with E-state index in [1.165, 1.54) is 4.90 Å². The molecule has 2 radical (unpaired) electrons. The maximum atomic E-state index is 5.80. The molecule has 0 spiro atoms. The highest BCUT2D eigenvalue weighted by molar-refractivity contribution is 8.28. The number of rotatable bonds is 3. The van der Waals surface area contributed by atoms with E-state index in [1.54, 1.807) is 0 Å². The molecule has 0 aliphatic carbocycles. The van der Waals surface area contributed by atoms with Crippen LogP contribution in [0.3, 0.4) is 0 Å². The van der Waals surface area contributed by atoms with E-state index in [-0.39, 0.29) is 0 Å². The first-order chi connectivity index (χ1) is 5.97. The minimum absolute atomic E-state index is 0.820. The van der Waals surface area contributed by atoms with Crippen LogP contribution in [-0.4, -0.2) is 15.8 Å². The summed E-state index contributed by atoms with van der Waals surface area (Å²) in [7, 11) is 0.132. The highest BCUT2D eigenvalue weighted by atomic mass is 35.5. The quantitative estimate of drug-likeness (QED) is 0.728. The monoisotopic (exact) mass is 244 g/mol. The molecule has 1 aromatic carbocycles. The van der Waals surface area contributed by atoms with Crippen molar-refractivity contribution in [2.45, 2.75) is 24.5 Å². The molecule has 0 fully saturated rings. The SMILES string of the molecule is C[Si](C)(C)[Si]Sc1ccc(Cl)cc1. The van der Waals surface area contributed by atoms with E-state index >= 15 is 0 Å². The lowest BCUT2D eigenvalue weighted by Crippen LogP contribution is -2.27. The molecular formula is C9H13ClSSi2. The van der Waals surface area contributed by atoms with Crippen LogP contribution in [0.2, 0.25) is 24.7 Å². The zero-order chi connectivity index (χ0) is 9.90. The molecule has 1 aromatic rings. The van der Waals surface area contributed by atoms with Gasteiger partial charge in [0.25, 0.3) is 0 Å². The summed E-state index contributed by atoms with van der Waals surface area (Å²) in [5.41, 5.74) is 0. The maximum absolute atomic E-state index is 5.80. The van der Waals surface area contributed by atoms with Gasteiger partial charge in [0.2, 0.25) is 0 Å². The third-order valence-corrected chi connectivity index (χ3v) is 12.0. The molecule has 0 aromatic heterocycles. The van der Waals surface area contributed by atoms with Gasteiger partial charge in [-0.1, -0.05) is 31.2 Å². The molecule has 0 nitrogen and oxygen atoms in total. The van der Waals surface area contributed by atoms with Crippen molar-refractivity contribution in [3.05, 3.63) is 29.3 Å². The molecule has 0 aliphatic rings. The Morgan fingerprint density at radius 2 is 1.69 bits per heavy atom. The van der Waals surface area contributed by atoms with Gasteiger partial charge in [-0.15, -0.1) is 0 Å². The summed E-state index contributed by atoms with van der Waals surface area (Å²) in [4.78, 5) is 1.34. The lowest BCUT2D eigenvalue weighted by Gasteiger charge is -2.13. The molecule has 4 heteroatoms. The van der Waals surface area contributed by atoms with Crippen LogP contribution >= 0.6 is 22.8 Å². The second-order valence-electron chi connectivity index (χ2n) is 3.91. The lowest BCUT2D eigenvalue weighted by atomic mass is 10.4. The number of hydrogen-bond donors (Lipinski definition) is 0. The van der Waals surface area contributed by atoms with Crippen molar-refractivity contribution in [1.82, 2.24) is 0 Å². The van der Waals surface area contributed by atoms with Crippen molar-refractivity contribution in [3.63, 3.8) is 0 Å². The first-order valence-corrected chi connectivity index (χ1v) is 11.6. The van der Waals surface area contributed by atoms with Gasteiger partial charge in [0.15, 0.2) is 0 Å². The number of hydrogen-bond acceptors (Lipinski definition) is 1. The van der Waals surface area contributed by atoms with Gasteiger partial charge in [0, 0.05) is 17.5 Å². The Morgan fingerprint density at radius 1 is 1.15 bits per heavy atom. The highest BCUT2D eigenvalue weighted by Gasteiger charge is 2.14.